The standard InChI is InChI=1S/C48H47F2N5O6/c49-38-23-32(24-39(50)44(38)43-34(28-4-2-1-3-5-28)8-6-29-20-33(56)7-9-35(29)43)53-16-12-48(13-17-53)14-18-54(19-15-48)42(58)27-52-25-30-21-36-37(22-31(30)26-52)47(61)55(46(36)60)40-10-11-41(57)51-45(40)59/h1-5,7,9,20-24,34,40,43,56H,6,8,10-19,25-27H2,(H,51,57,59)/t34-,40?,43+/m1/s1. The highest BCUT2D eigenvalue weighted by molar-refractivity contribution is 6.23. The molecule has 0 bridgehead atoms. The summed E-state index contributed by atoms with van der Waals surface area (Å²) in [5.74, 6) is -3.74. The lowest BCUT2D eigenvalue weighted by atomic mass is 9.69. The van der Waals surface area contributed by atoms with Crippen molar-refractivity contribution in [2.24, 2.45) is 5.41 Å². The molecule has 0 radical (unpaired) electrons. The zero-order valence-electron chi connectivity index (χ0n) is 33.8. The SMILES string of the molecule is O=C1CCC(N2C(=O)c3cc4c(cc3C2=O)CN(CC(=O)N2CCC3(CC2)CCN(c2cc(F)c([C@@H]5c6ccc(O)cc6CC[C@@H]5c5ccccc5)c(F)c2)CC3)C4)C(=O)N1. The van der Waals surface area contributed by atoms with E-state index in [9.17, 15) is 29.1 Å². The molecule has 10 rings (SSSR count). The highest BCUT2D eigenvalue weighted by Crippen LogP contribution is 2.49. The van der Waals surface area contributed by atoms with Gasteiger partial charge in [-0.05, 0) is 120 Å². The number of nitrogens with one attached hydrogen (secondary N) is 1. The van der Waals surface area contributed by atoms with Crippen molar-refractivity contribution in [2.45, 2.75) is 82.3 Å². The lowest BCUT2D eigenvalue weighted by Gasteiger charge is -2.47. The van der Waals surface area contributed by atoms with Gasteiger partial charge in [-0.15, -0.1) is 0 Å². The van der Waals surface area contributed by atoms with Gasteiger partial charge < -0.3 is 14.9 Å². The van der Waals surface area contributed by atoms with Crippen molar-refractivity contribution in [1.29, 1.82) is 0 Å². The molecule has 6 aliphatic rings. The van der Waals surface area contributed by atoms with Crippen molar-refractivity contribution in [3.8, 4) is 5.75 Å². The van der Waals surface area contributed by atoms with Crippen LogP contribution in [0.5, 0.6) is 5.75 Å². The summed E-state index contributed by atoms with van der Waals surface area (Å²) < 4.78 is 32.8. The van der Waals surface area contributed by atoms with Gasteiger partial charge >= 0.3 is 0 Å². The fourth-order valence-electron chi connectivity index (χ4n) is 11.1. The van der Waals surface area contributed by atoms with Crippen LogP contribution < -0.4 is 10.2 Å². The number of aryl methyl sites for hydroxylation is 1. The second-order valence-corrected chi connectivity index (χ2v) is 17.9. The van der Waals surface area contributed by atoms with E-state index in [2.05, 4.69) is 10.2 Å². The smallest absolute Gasteiger partial charge is 0.262 e. The van der Waals surface area contributed by atoms with Gasteiger partial charge in [0.2, 0.25) is 17.7 Å². The number of hydrogen-bond acceptors (Lipinski definition) is 8. The largest absolute Gasteiger partial charge is 0.508 e. The van der Waals surface area contributed by atoms with Gasteiger partial charge in [-0.25, -0.2) is 8.78 Å². The van der Waals surface area contributed by atoms with E-state index >= 15 is 8.78 Å². The number of imide groups is 2. The number of piperidine rings is 3. The fourth-order valence-corrected chi connectivity index (χ4v) is 11.1. The number of nitrogens with zero attached hydrogens (tertiary/aromatic N) is 4. The van der Waals surface area contributed by atoms with Gasteiger partial charge in [0.05, 0.1) is 17.7 Å². The van der Waals surface area contributed by atoms with E-state index in [1.807, 2.05) is 46.2 Å². The Bertz CT molecular complexity index is 2430. The molecular weight excluding hydrogens is 781 g/mol. The first-order chi connectivity index (χ1) is 29.4. The Morgan fingerprint density at radius 3 is 2.03 bits per heavy atom. The highest BCUT2D eigenvalue weighted by Gasteiger charge is 2.46. The number of carbonyl (C=O) groups excluding carboxylic acids is 5. The number of fused-ring (bicyclic) bond motifs is 3. The van der Waals surface area contributed by atoms with Crippen LogP contribution in [-0.2, 0) is 33.9 Å². The zero-order chi connectivity index (χ0) is 42.2. The molecule has 0 saturated carbocycles. The molecule has 4 aromatic rings. The van der Waals surface area contributed by atoms with Crippen LogP contribution in [0, 0.1) is 17.0 Å². The molecule has 0 aromatic heterocycles. The van der Waals surface area contributed by atoms with Crippen LogP contribution in [0.25, 0.3) is 0 Å². The summed E-state index contributed by atoms with van der Waals surface area (Å²) in [6.45, 7) is 3.71. The summed E-state index contributed by atoms with van der Waals surface area (Å²) in [6, 6.07) is 20.4. The van der Waals surface area contributed by atoms with Crippen LogP contribution in [0.1, 0.15) is 111 Å². The second kappa shape index (κ2) is 15.2. The fraction of sp³-hybridized carbons (Fsp3) is 0.396. The van der Waals surface area contributed by atoms with Crippen LogP contribution in [0.15, 0.2) is 72.8 Å². The average molecular weight is 828 g/mol. The Balaban J connectivity index is 0.754. The van der Waals surface area contributed by atoms with Crippen molar-refractivity contribution in [3.05, 3.63) is 129 Å². The second-order valence-electron chi connectivity index (χ2n) is 17.9. The molecule has 3 atom stereocenters. The number of aromatic hydroxyl groups is 1. The monoisotopic (exact) mass is 827 g/mol. The zero-order valence-corrected chi connectivity index (χ0v) is 33.8. The Morgan fingerprint density at radius 2 is 1.39 bits per heavy atom. The molecule has 3 fully saturated rings. The lowest BCUT2D eigenvalue weighted by Crippen LogP contribution is -2.54. The van der Waals surface area contributed by atoms with Gasteiger partial charge in [-0.1, -0.05) is 36.4 Å². The molecule has 1 spiro atoms. The Hall–Kier alpha value is -5.95. The first-order valence-electron chi connectivity index (χ1n) is 21.4. The predicted octanol–water partition coefficient (Wildman–Crippen LogP) is 6.16. The minimum absolute atomic E-state index is 0.0294. The Morgan fingerprint density at radius 1 is 0.754 bits per heavy atom. The van der Waals surface area contributed by atoms with Crippen LogP contribution >= 0.6 is 0 Å². The van der Waals surface area contributed by atoms with Gasteiger partial charge in [0, 0.05) is 62.9 Å². The first-order valence-corrected chi connectivity index (χ1v) is 21.4. The number of carbonyl (C=O) groups is 5. The number of benzene rings is 4. The number of halogens is 2. The van der Waals surface area contributed by atoms with Gasteiger partial charge in [0.1, 0.15) is 23.4 Å². The van der Waals surface area contributed by atoms with E-state index in [4.69, 9.17) is 0 Å². The molecule has 11 nitrogen and oxygen atoms in total. The van der Waals surface area contributed by atoms with Crippen molar-refractivity contribution >= 4 is 35.2 Å². The third-order valence-corrected chi connectivity index (χ3v) is 14.5. The third kappa shape index (κ3) is 6.96. The van der Waals surface area contributed by atoms with E-state index < -0.39 is 47.2 Å². The summed E-state index contributed by atoms with van der Waals surface area (Å²) in [7, 11) is 0. The van der Waals surface area contributed by atoms with E-state index in [-0.39, 0.29) is 59.1 Å². The van der Waals surface area contributed by atoms with Gasteiger partial charge in [0.25, 0.3) is 11.8 Å². The van der Waals surface area contributed by atoms with E-state index in [0.29, 0.717) is 57.8 Å². The molecule has 13 heteroatoms. The van der Waals surface area contributed by atoms with Gasteiger partial charge in [-0.3, -0.25) is 39.1 Å². The van der Waals surface area contributed by atoms with E-state index in [1.165, 1.54) is 12.1 Å². The quantitative estimate of drug-likeness (QED) is 0.221. The summed E-state index contributed by atoms with van der Waals surface area (Å²) in [5.41, 5.74) is 5.68. The molecule has 3 saturated heterocycles. The molecule has 5 aliphatic heterocycles. The summed E-state index contributed by atoms with van der Waals surface area (Å²) in [5, 5.41) is 12.4. The number of amides is 5. The van der Waals surface area contributed by atoms with Crippen LogP contribution in [0.3, 0.4) is 0 Å². The topological polar surface area (TPSA) is 131 Å². The molecule has 61 heavy (non-hydrogen) atoms. The van der Waals surface area contributed by atoms with Gasteiger partial charge in [-0.2, -0.15) is 0 Å². The Labute approximate surface area is 352 Å². The minimum atomic E-state index is -1.02. The van der Waals surface area contributed by atoms with Crippen molar-refractivity contribution < 1.29 is 37.9 Å². The maximum Gasteiger partial charge on any atom is 0.262 e. The molecule has 1 aliphatic carbocycles. The normalized spacial score (nSPS) is 23.6. The first kappa shape index (κ1) is 39.2. The van der Waals surface area contributed by atoms with Crippen LogP contribution in [0.2, 0.25) is 0 Å². The number of phenols is 1. The van der Waals surface area contributed by atoms with Crippen molar-refractivity contribution in [2.75, 3.05) is 37.6 Å². The number of phenolic OH excluding ortho intramolecular Hbond substituents is 1. The maximum atomic E-state index is 16.4. The molecular formula is C48H47F2N5O6. The number of hydrogen-bond donors (Lipinski definition) is 2. The molecule has 2 N–H and O–H groups in total. The van der Waals surface area contributed by atoms with Crippen LogP contribution in [0.4, 0.5) is 14.5 Å². The number of rotatable bonds is 6. The molecule has 1 unspecified atom stereocenters. The summed E-state index contributed by atoms with van der Waals surface area (Å²) in [4.78, 5) is 71.3. The highest BCUT2D eigenvalue weighted by atomic mass is 19.1. The molecule has 5 amide bonds. The third-order valence-electron chi connectivity index (χ3n) is 14.5. The lowest BCUT2D eigenvalue weighted by molar-refractivity contribution is -0.137. The van der Waals surface area contributed by atoms with Gasteiger partial charge in [0.15, 0.2) is 0 Å². The minimum Gasteiger partial charge on any atom is -0.508 e. The summed E-state index contributed by atoms with van der Waals surface area (Å²) >= 11 is 0. The van der Waals surface area contributed by atoms with Crippen molar-refractivity contribution in [1.82, 2.24) is 20.0 Å². The van der Waals surface area contributed by atoms with E-state index in [0.717, 1.165) is 58.4 Å². The molecule has 4 aromatic carbocycles. The number of anilines is 1. The van der Waals surface area contributed by atoms with Crippen LogP contribution in [-0.4, -0.2) is 88.1 Å². The number of likely N-dealkylation sites (tertiary alicyclic amines) is 1. The predicted molar refractivity (Wildman–Crippen MR) is 221 cm³/mol. The van der Waals surface area contributed by atoms with Crippen molar-refractivity contribution in [3.63, 3.8) is 0 Å². The van der Waals surface area contributed by atoms with E-state index in [1.54, 1.807) is 24.3 Å². The maximum absolute atomic E-state index is 16.4. The molecule has 5 heterocycles. The molecule has 314 valence electrons. The Kier molecular flexibility index (Phi) is 9.77. The summed E-state index contributed by atoms with van der Waals surface area (Å²) in [6.07, 6.45) is 5.00. The average Bonchev–Trinajstić information content (AvgIpc) is 3.75.